The van der Waals surface area contributed by atoms with Gasteiger partial charge in [0, 0.05) is 19.8 Å². The van der Waals surface area contributed by atoms with Gasteiger partial charge >= 0.3 is 0 Å². The molecule has 1 amide bonds. The van der Waals surface area contributed by atoms with Crippen LogP contribution in [0.3, 0.4) is 0 Å². The summed E-state index contributed by atoms with van der Waals surface area (Å²) in [6, 6.07) is 1.75. The van der Waals surface area contributed by atoms with Crippen LogP contribution in [0.25, 0.3) is 0 Å². The van der Waals surface area contributed by atoms with E-state index < -0.39 is 0 Å². The molecule has 0 saturated carbocycles. The van der Waals surface area contributed by atoms with Crippen LogP contribution in [0.1, 0.15) is 30.0 Å². The fourth-order valence-corrected chi connectivity index (χ4v) is 0.800. The van der Waals surface area contributed by atoms with Crippen molar-refractivity contribution in [1.82, 2.24) is 15.1 Å². The smallest absolute Gasteiger partial charge is 0.271 e. The zero-order valence-corrected chi connectivity index (χ0v) is 8.88. The lowest BCUT2D eigenvalue weighted by atomic mass is 10.3. The first-order chi connectivity index (χ1) is 6.15. The molecule has 4 nitrogen and oxygen atoms in total. The number of rotatable bonds is 1. The van der Waals surface area contributed by atoms with Crippen molar-refractivity contribution in [2.45, 2.75) is 20.8 Å². The van der Waals surface area contributed by atoms with Crippen molar-refractivity contribution in [2.24, 2.45) is 7.05 Å². The van der Waals surface area contributed by atoms with Gasteiger partial charge in [-0.05, 0) is 13.0 Å². The van der Waals surface area contributed by atoms with E-state index >= 15 is 0 Å². The Morgan fingerprint density at radius 1 is 1.54 bits per heavy atom. The Hall–Kier alpha value is -1.32. The lowest BCUT2D eigenvalue weighted by Gasteiger charge is -1.91. The van der Waals surface area contributed by atoms with E-state index in [0.717, 1.165) is 5.69 Å². The summed E-state index contributed by atoms with van der Waals surface area (Å²) in [5.41, 5.74) is 1.44. The van der Waals surface area contributed by atoms with Crippen LogP contribution < -0.4 is 5.32 Å². The van der Waals surface area contributed by atoms with Crippen LogP contribution in [-0.4, -0.2) is 22.7 Å². The molecule has 1 aromatic heterocycles. The molecule has 74 valence electrons. The normalized spacial score (nSPS) is 8.69. The summed E-state index contributed by atoms with van der Waals surface area (Å²) in [6.45, 7) is 5.90. The minimum absolute atomic E-state index is 0.145. The second-order valence-electron chi connectivity index (χ2n) is 2.37. The minimum Gasteiger partial charge on any atom is -0.354 e. The highest BCUT2D eigenvalue weighted by Gasteiger charge is 2.07. The summed E-state index contributed by atoms with van der Waals surface area (Å²) in [4.78, 5) is 11.0. The maximum atomic E-state index is 11.0. The van der Waals surface area contributed by atoms with Crippen molar-refractivity contribution < 1.29 is 4.79 Å². The number of amides is 1. The van der Waals surface area contributed by atoms with Crippen molar-refractivity contribution in [1.29, 1.82) is 0 Å². The summed E-state index contributed by atoms with van der Waals surface area (Å²) in [5, 5.41) is 6.49. The van der Waals surface area contributed by atoms with Crippen LogP contribution in [0.5, 0.6) is 0 Å². The van der Waals surface area contributed by atoms with Gasteiger partial charge in [-0.3, -0.25) is 9.48 Å². The molecule has 13 heavy (non-hydrogen) atoms. The zero-order valence-electron chi connectivity index (χ0n) is 8.88. The van der Waals surface area contributed by atoms with E-state index in [1.807, 2.05) is 27.8 Å². The molecule has 1 aromatic rings. The van der Waals surface area contributed by atoms with Gasteiger partial charge < -0.3 is 5.32 Å². The van der Waals surface area contributed by atoms with E-state index in [4.69, 9.17) is 0 Å². The number of nitrogens with zero attached hydrogens (tertiary/aromatic N) is 2. The van der Waals surface area contributed by atoms with Crippen molar-refractivity contribution in [2.75, 3.05) is 7.05 Å². The fourth-order valence-electron chi connectivity index (χ4n) is 0.800. The SMILES string of the molecule is CC.CNC(=O)c1cc(C)n(C)n1. The Labute approximate surface area is 78.9 Å². The monoisotopic (exact) mass is 183 g/mol. The van der Waals surface area contributed by atoms with Gasteiger partial charge in [0.2, 0.25) is 0 Å². The molecule has 0 fully saturated rings. The Morgan fingerprint density at radius 2 is 2.08 bits per heavy atom. The zero-order chi connectivity index (χ0) is 10.4. The number of hydrogen-bond acceptors (Lipinski definition) is 2. The third kappa shape index (κ3) is 2.89. The molecule has 0 aliphatic rings. The van der Waals surface area contributed by atoms with E-state index in [2.05, 4.69) is 10.4 Å². The van der Waals surface area contributed by atoms with Crippen LogP contribution >= 0.6 is 0 Å². The molecule has 1 N–H and O–H groups in total. The molecule has 4 heteroatoms. The molecule has 1 heterocycles. The van der Waals surface area contributed by atoms with Crippen LogP contribution in [0, 0.1) is 6.92 Å². The van der Waals surface area contributed by atoms with Crippen molar-refractivity contribution >= 4 is 5.91 Å². The van der Waals surface area contributed by atoms with Crippen LogP contribution in [0.2, 0.25) is 0 Å². The molecule has 0 atom stereocenters. The molecule has 0 radical (unpaired) electrons. The van der Waals surface area contributed by atoms with Gasteiger partial charge in [0.05, 0.1) is 0 Å². The second kappa shape index (κ2) is 5.35. The molecule has 0 saturated heterocycles. The molecule has 0 bridgehead atoms. The average molecular weight is 183 g/mol. The first-order valence-electron chi connectivity index (χ1n) is 4.38. The number of aromatic nitrogens is 2. The number of carbonyl (C=O) groups excluding carboxylic acids is 1. The van der Waals surface area contributed by atoms with Gasteiger partial charge in [-0.15, -0.1) is 0 Å². The van der Waals surface area contributed by atoms with E-state index in [-0.39, 0.29) is 5.91 Å². The molecule has 1 rings (SSSR count). The maximum absolute atomic E-state index is 11.0. The number of aryl methyl sites for hydroxylation is 2. The molecule has 0 aromatic carbocycles. The van der Waals surface area contributed by atoms with Crippen LogP contribution in [0.4, 0.5) is 0 Å². The van der Waals surface area contributed by atoms with Crippen LogP contribution in [0.15, 0.2) is 6.07 Å². The predicted molar refractivity (Wildman–Crippen MR) is 52.7 cm³/mol. The highest BCUT2D eigenvalue weighted by atomic mass is 16.1. The topological polar surface area (TPSA) is 46.9 Å². The third-order valence-corrected chi connectivity index (χ3v) is 1.57. The molecule has 0 aliphatic carbocycles. The Balaban J connectivity index is 0.000000671. The largest absolute Gasteiger partial charge is 0.354 e. The first kappa shape index (κ1) is 11.7. The first-order valence-corrected chi connectivity index (χ1v) is 4.38. The number of nitrogens with one attached hydrogen (secondary N) is 1. The van der Waals surface area contributed by atoms with E-state index in [0.29, 0.717) is 5.69 Å². The fraction of sp³-hybridized carbons (Fsp3) is 0.556. The van der Waals surface area contributed by atoms with Gasteiger partial charge in [0.1, 0.15) is 5.69 Å². The summed E-state index contributed by atoms with van der Waals surface area (Å²) in [5.74, 6) is -0.145. The third-order valence-electron chi connectivity index (χ3n) is 1.57. The number of hydrogen-bond donors (Lipinski definition) is 1. The van der Waals surface area contributed by atoms with E-state index in [1.54, 1.807) is 17.8 Å². The summed E-state index contributed by atoms with van der Waals surface area (Å²) >= 11 is 0. The van der Waals surface area contributed by atoms with Gasteiger partial charge in [-0.1, -0.05) is 13.8 Å². The van der Waals surface area contributed by atoms with Crippen molar-refractivity contribution in [3.8, 4) is 0 Å². The van der Waals surface area contributed by atoms with Crippen LogP contribution in [-0.2, 0) is 7.05 Å². The number of carbonyl (C=O) groups is 1. The Bertz CT molecular complexity index is 259. The Morgan fingerprint density at radius 3 is 2.38 bits per heavy atom. The second-order valence-corrected chi connectivity index (χ2v) is 2.37. The minimum atomic E-state index is -0.145. The molecule has 0 spiro atoms. The quantitative estimate of drug-likeness (QED) is 0.709. The standard InChI is InChI=1S/C7H11N3O.C2H6/c1-5-4-6(7(11)8-2)9-10(5)3;1-2/h4H,1-3H3,(H,8,11);1-2H3. The lowest BCUT2D eigenvalue weighted by Crippen LogP contribution is -2.18. The maximum Gasteiger partial charge on any atom is 0.271 e. The van der Waals surface area contributed by atoms with Gasteiger partial charge in [0.25, 0.3) is 5.91 Å². The average Bonchev–Trinajstić information content (AvgIpc) is 2.49. The molecular weight excluding hydrogens is 166 g/mol. The summed E-state index contributed by atoms with van der Waals surface area (Å²) in [6.07, 6.45) is 0. The molecule has 0 unspecified atom stereocenters. The molecular formula is C9H17N3O. The Kier molecular flexibility index (Phi) is 4.80. The van der Waals surface area contributed by atoms with E-state index in [9.17, 15) is 4.79 Å². The van der Waals surface area contributed by atoms with E-state index in [1.165, 1.54) is 0 Å². The molecule has 0 aliphatic heterocycles. The lowest BCUT2D eigenvalue weighted by molar-refractivity contribution is 0.0957. The highest BCUT2D eigenvalue weighted by Crippen LogP contribution is 1.99. The van der Waals surface area contributed by atoms with Crippen molar-refractivity contribution in [3.63, 3.8) is 0 Å². The highest BCUT2D eigenvalue weighted by molar-refractivity contribution is 5.92. The summed E-state index contributed by atoms with van der Waals surface area (Å²) in [7, 11) is 3.40. The predicted octanol–water partition coefficient (Wildman–Crippen LogP) is 1.11. The van der Waals surface area contributed by atoms with Crippen molar-refractivity contribution in [3.05, 3.63) is 17.5 Å². The van der Waals surface area contributed by atoms with Gasteiger partial charge in [0.15, 0.2) is 0 Å². The summed E-state index contributed by atoms with van der Waals surface area (Å²) < 4.78 is 1.67. The van der Waals surface area contributed by atoms with Gasteiger partial charge in [-0.2, -0.15) is 5.10 Å². The van der Waals surface area contributed by atoms with Gasteiger partial charge in [-0.25, -0.2) is 0 Å².